The fraction of sp³-hybridized carbons (Fsp3) is 0.633. The maximum Gasteiger partial charge on any atom is 0.163 e. The Morgan fingerprint density at radius 2 is 1.91 bits per heavy atom. The van der Waals surface area contributed by atoms with E-state index in [1.807, 2.05) is 25.3 Å². The Morgan fingerprint density at radius 1 is 1.23 bits per heavy atom. The first-order valence-corrected chi connectivity index (χ1v) is 14.6. The SMILES string of the molecule is CNCCC1(CC(=O)C(/C=C\C(C)C(C)(C)C)=C/C(C)F)CCP(C(C)C)c2ccc(F)cc2C1. The Balaban J connectivity index is 2.45. The summed E-state index contributed by atoms with van der Waals surface area (Å²) in [7, 11) is 1.50. The van der Waals surface area contributed by atoms with E-state index >= 15 is 0 Å². The summed E-state index contributed by atoms with van der Waals surface area (Å²) in [6.45, 7) is 15.3. The first-order valence-electron chi connectivity index (χ1n) is 13.0. The van der Waals surface area contributed by atoms with E-state index in [4.69, 9.17) is 0 Å². The first kappa shape index (κ1) is 29.8. The van der Waals surface area contributed by atoms with E-state index in [1.165, 1.54) is 18.3 Å². The van der Waals surface area contributed by atoms with Gasteiger partial charge in [0.1, 0.15) is 12.0 Å². The monoisotopic (exact) mass is 505 g/mol. The van der Waals surface area contributed by atoms with Gasteiger partial charge in [0, 0.05) is 12.0 Å². The molecule has 0 bridgehead atoms. The molecule has 0 amide bonds. The molecule has 0 saturated carbocycles. The molecule has 1 aromatic carbocycles. The number of benzene rings is 1. The summed E-state index contributed by atoms with van der Waals surface area (Å²) in [5.41, 5.74) is 1.77. The van der Waals surface area contributed by atoms with Gasteiger partial charge in [-0.15, -0.1) is 0 Å². The van der Waals surface area contributed by atoms with Crippen molar-refractivity contribution in [2.45, 2.75) is 86.0 Å². The smallest absolute Gasteiger partial charge is 0.163 e. The maximum atomic E-state index is 14.3. The Kier molecular flexibility index (Phi) is 10.9. The van der Waals surface area contributed by atoms with E-state index in [9.17, 15) is 13.6 Å². The number of nitrogens with one attached hydrogen (secondary N) is 1. The predicted octanol–water partition coefficient (Wildman–Crippen LogP) is 7.37. The normalized spacial score (nSPS) is 23.3. The molecule has 1 aliphatic heterocycles. The Labute approximate surface area is 213 Å². The Morgan fingerprint density at radius 3 is 2.49 bits per heavy atom. The van der Waals surface area contributed by atoms with E-state index in [0.29, 0.717) is 24.1 Å². The number of carbonyl (C=O) groups is 1. The van der Waals surface area contributed by atoms with E-state index in [2.05, 4.69) is 46.9 Å². The van der Waals surface area contributed by atoms with Gasteiger partial charge in [0.05, 0.1) is 0 Å². The maximum absolute atomic E-state index is 14.3. The Hall–Kier alpha value is -1.38. The minimum Gasteiger partial charge on any atom is -0.320 e. The summed E-state index contributed by atoms with van der Waals surface area (Å²) in [5.74, 6) is 0.00929. The molecule has 5 heteroatoms. The predicted molar refractivity (Wildman–Crippen MR) is 148 cm³/mol. The van der Waals surface area contributed by atoms with Gasteiger partial charge in [0.15, 0.2) is 5.78 Å². The summed E-state index contributed by atoms with van der Waals surface area (Å²) in [5, 5.41) is 4.53. The molecule has 0 spiro atoms. The van der Waals surface area contributed by atoms with Crippen molar-refractivity contribution in [2.24, 2.45) is 16.7 Å². The van der Waals surface area contributed by atoms with Crippen molar-refractivity contribution in [3.63, 3.8) is 0 Å². The summed E-state index contributed by atoms with van der Waals surface area (Å²) >= 11 is 0. The van der Waals surface area contributed by atoms with Crippen molar-refractivity contribution < 1.29 is 13.6 Å². The molecular weight excluding hydrogens is 459 g/mol. The lowest BCUT2D eigenvalue weighted by atomic mass is 9.72. The molecule has 0 saturated heterocycles. The van der Waals surface area contributed by atoms with Gasteiger partial charge in [-0.1, -0.05) is 67.7 Å². The van der Waals surface area contributed by atoms with Crippen LogP contribution in [0.2, 0.25) is 0 Å². The summed E-state index contributed by atoms with van der Waals surface area (Å²) in [6.07, 6.45) is 7.90. The highest BCUT2D eigenvalue weighted by atomic mass is 31.1. The third-order valence-corrected chi connectivity index (χ3v) is 10.5. The lowest BCUT2D eigenvalue weighted by Crippen LogP contribution is -2.32. The van der Waals surface area contributed by atoms with Crippen LogP contribution in [0.15, 0.2) is 42.0 Å². The molecule has 4 unspecified atom stereocenters. The average molecular weight is 506 g/mol. The largest absolute Gasteiger partial charge is 0.320 e. The Bertz CT molecular complexity index is 915. The third-order valence-electron chi connectivity index (χ3n) is 7.53. The van der Waals surface area contributed by atoms with Crippen molar-refractivity contribution in [2.75, 3.05) is 19.8 Å². The number of alkyl halides is 1. The number of allylic oxidation sites excluding steroid dienone is 4. The molecular formula is C30H46F2NOP. The second-order valence-electron chi connectivity index (χ2n) is 11.8. The van der Waals surface area contributed by atoms with Crippen molar-refractivity contribution in [1.82, 2.24) is 5.32 Å². The minimum atomic E-state index is -1.20. The van der Waals surface area contributed by atoms with Crippen LogP contribution in [0.5, 0.6) is 0 Å². The fourth-order valence-corrected chi connectivity index (χ4v) is 7.60. The van der Waals surface area contributed by atoms with E-state index in [0.717, 1.165) is 31.1 Å². The van der Waals surface area contributed by atoms with Gasteiger partial charge in [-0.3, -0.25) is 4.79 Å². The van der Waals surface area contributed by atoms with Crippen LogP contribution in [0, 0.1) is 22.6 Å². The van der Waals surface area contributed by atoms with E-state index < -0.39 is 14.1 Å². The molecule has 2 nitrogen and oxygen atoms in total. The molecule has 0 radical (unpaired) electrons. The first-order chi connectivity index (χ1) is 16.3. The topological polar surface area (TPSA) is 29.1 Å². The zero-order chi connectivity index (χ0) is 26.4. The van der Waals surface area contributed by atoms with Crippen molar-refractivity contribution in [3.8, 4) is 0 Å². The molecule has 2 rings (SSSR count). The van der Waals surface area contributed by atoms with Gasteiger partial charge in [-0.2, -0.15) is 0 Å². The number of Topliss-reactive ketones (excluding diaryl/α,β-unsaturated/α-hetero) is 1. The molecule has 1 aromatic rings. The highest BCUT2D eigenvalue weighted by molar-refractivity contribution is 7.66. The van der Waals surface area contributed by atoms with Gasteiger partial charge in [-0.25, -0.2) is 8.78 Å². The van der Waals surface area contributed by atoms with E-state index in [1.54, 1.807) is 12.1 Å². The van der Waals surface area contributed by atoms with Crippen LogP contribution in [0.4, 0.5) is 8.78 Å². The van der Waals surface area contributed by atoms with Crippen molar-refractivity contribution >= 4 is 19.0 Å². The van der Waals surface area contributed by atoms with Crippen molar-refractivity contribution in [1.29, 1.82) is 0 Å². The van der Waals surface area contributed by atoms with Gasteiger partial charge in [0.2, 0.25) is 0 Å². The van der Waals surface area contributed by atoms with Gasteiger partial charge in [0.25, 0.3) is 0 Å². The van der Waals surface area contributed by atoms with Crippen LogP contribution in [0.1, 0.15) is 73.3 Å². The van der Waals surface area contributed by atoms with Crippen LogP contribution in [-0.4, -0.2) is 37.4 Å². The van der Waals surface area contributed by atoms with Gasteiger partial charge < -0.3 is 5.32 Å². The molecule has 1 N–H and O–H groups in total. The number of halogens is 2. The number of ketones is 1. The highest BCUT2D eigenvalue weighted by Crippen LogP contribution is 2.50. The summed E-state index contributed by atoms with van der Waals surface area (Å²) in [6, 6.07) is 5.23. The van der Waals surface area contributed by atoms with Crippen LogP contribution >= 0.6 is 7.92 Å². The minimum absolute atomic E-state index is 0.0170. The zero-order valence-electron chi connectivity index (χ0n) is 23.1. The number of hydrogen-bond donors (Lipinski definition) is 1. The second kappa shape index (κ2) is 12.7. The fourth-order valence-electron chi connectivity index (χ4n) is 4.79. The average Bonchev–Trinajstić information content (AvgIpc) is 2.90. The number of fused-ring (bicyclic) bond motifs is 1. The molecule has 196 valence electrons. The lowest BCUT2D eigenvalue weighted by molar-refractivity contribution is -0.117. The van der Waals surface area contributed by atoms with Crippen LogP contribution in [-0.2, 0) is 11.2 Å². The highest BCUT2D eigenvalue weighted by Gasteiger charge is 2.38. The van der Waals surface area contributed by atoms with Crippen LogP contribution < -0.4 is 10.6 Å². The molecule has 35 heavy (non-hydrogen) atoms. The number of hydrogen-bond acceptors (Lipinski definition) is 2. The zero-order valence-corrected chi connectivity index (χ0v) is 23.9. The van der Waals surface area contributed by atoms with Crippen molar-refractivity contribution in [3.05, 3.63) is 53.4 Å². The molecule has 0 aromatic heterocycles. The molecule has 1 aliphatic rings. The second-order valence-corrected chi connectivity index (χ2v) is 14.7. The molecule has 1 heterocycles. The van der Waals surface area contributed by atoms with Gasteiger partial charge in [-0.05, 0) is 97.4 Å². The standard InChI is InChI=1S/C30H46F2NOP/c1-21(2)35-16-14-30(13-15-33-8,19-25-18-26(32)11-12-28(25)35)20-27(34)24(17-23(4)31)10-9-22(3)29(5,6)7/h9-12,17-18,21-23,33H,13-16,19-20H2,1-8H3/b10-9-,24-17+. The quantitative estimate of drug-likeness (QED) is 0.204. The van der Waals surface area contributed by atoms with Crippen LogP contribution in [0.25, 0.3) is 0 Å². The molecule has 0 fully saturated rings. The molecule has 4 atom stereocenters. The summed E-state index contributed by atoms with van der Waals surface area (Å²) in [4.78, 5) is 13.7. The lowest BCUT2D eigenvalue weighted by Gasteiger charge is -2.33. The number of carbonyl (C=O) groups excluding carboxylic acids is 1. The third kappa shape index (κ3) is 8.60. The van der Waals surface area contributed by atoms with E-state index in [-0.39, 0.29) is 28.3 Å². The summed E-state index contributed by atoms with van der Waals surface area (Å²) < 4.78 is 28.4. The van der Waals surface area contributed by atoms with Crippen LogP contribution in [0.3, 0.4) is 0 Å². The molecule has 0 aliphatic carbocycles. The number of rotatable bonds is 10. The van der Waals surface area contributed by atoms with Gasteiger partial charge >= 0.3 is 0 Å².